The summed E-state index contributed by atoms with van der Waals surface area (Å²) >= 11 is 0. The molecule has 1 aliphatic heterocycles. The van der Waals surface area contributed by atoms with E-state index < -0.39 is 28.0 Å². The first kappa shape index (κ1) is 43.3. The molecule has 2 rings (SSSR count). The highest BCUT2D eigenvalue weighted by Crippen LogP contribution is 2.14. The van der Waals surface area contributed by atoms with E-state index in [0.29, 0.717) is 29.9 Å². The normalized spacial score (nSPS) is 12.9. The summed E-state index contributed by atoms with van der Waals surface area (Å²) < 4.78 is 39.4. The molecule has 2 atom stereocenters. The van der Waals surface area contributed by atoms with E-state index in [1.54, 1.807) is 39.0 Å². The fourth-order valence-corrected chi connectivity index (χ4v) is 3.03. The number of aliphatic hydroxyl groups excluding tert-OH is 2. The summed E-state index contributed by atoms with van der Waals surface area (Å²) in [5, 5.41) is 23.6. The molecule has 0 bridgehead atoms. The van der Waals surface area contributed by atoms with Crippen LogP contribution in [0.2, 0.25) is 0 Å². The number of carboxylic acid groups (broad SMARTS) is 1. The number of carbonyl (C=O) groups excluding carboxylic acids is 3. The van der Waals surface area contributed by atoms with Gasteiger partial charge in [-0.25, -0.2) is 27.5 Å². The fraction of sp³-hybridized carbons (Fsp3) is 0.379. The molecule has 43 heavy (non-hydrogen) atoms. The van der Waals surface area contributed by atoms with Gasteiger partial charge in [-0.05, 0) is 46.2 Å². The second-order valence-corrected chi connectivity index (χ2v) is 10.3. The van der Waals surface area contributed by atoms with Crippen molar-refractivity contribution >= 4 is 33.8 Å². The van der Waals surface area contributed by atoms with Gasteiger partial charge >= 0.3 is 17.9 Å². The molecule has 1 amide bonds. The number of aliphatic hydroxyl groups is 2. The van der Waals surface area contributed by atoms with Crippen LogP contribution in [0, 0.1) is 6.92 Å². The van der Waals surface area contributed by atoms with Gasteiger partial charge in [0.05, 0.1) is 31.3 Å². The highest BCUT2D eigenvalue weighted by atomic mass is 32.2. The van der Waals surface area contributed by atoms with Gasteiger partial charge in [-0.1, -0.05) is 44.5 Å². The minimum atomic E-state index is -3.80. The maximum absolute atomic E-state index is 11.8. The summed E-state index contributed by atoms with van der Waals surface area (Å²) in [7, 11) is -2.47. The number of hydrogen-bond donors (Lipinski definition) is 4. The van der Waals surface area contributed by atoms with Gasteiger partial charge in [0.25, 0.3) is 15.9 Å². The molecule has 0 spiro atoms. The molecule has 1 saturated heterocycles. The smallest absolute Gasteiger partial charge is 0.333 e. The molecule has 242 valence electrons. The Kier molecular flexibility index (Phi) is 23.6. The summed E-state index contributed by atoms with van der Waals surface area (Å²) in [4.78, 5) is 41.5. The lowest BCUT2D eigenvalue weighted by molar-refractivity contribution is -0.139. The second kappa shape index (κ2) is 23.5. The van der Waals surface area contributed by atoms with E-state index in [4.69, 9.17) is 24.8 Å². The van der Waals surface area contributed by atoms with Crippen molar-refractivity contribution in [2.24, 2.45) is 0 Å². The maximum atomic E-state index is 11.8. The Hall–Kier alpha value is -4.11. The minimum absolute atomic E-state index is 0.101. The summed E-state index contributed by atoms with van der Waals surface area (Å²) in [6, 6.07) is 6.45. The molecule has 4 N–H and O–H groups in total. The number of amides is 1. The first-order chi connectivity index (χ1) is 19.8. The zero-order valence-electron chi connectivity index (χ0n) is 25.4. The molecule has 0 radical (unpaired) electrons. The lowest BCUT2D eigenvalue weighted by Crippen LogP contribution is -2.31. The van der Waals surface area contributed by atoms with Crippen LogP contribution in [0.5, 0.6) is 0 Å². The molecule has 1 aromatic rings. The second-order valence-electron chi connectivity index (χ2n) is 8.66. The van der Waals surface area contributed by atoms with Crippen LogP contribution in [0.4, 0.5) is 0 Å². The van der Waals surface area contributed by atoms with Gasteiger partial charge in [0, 0.05) is 22.8 Å². The number of nitrogens with one attached hydrogen (secondary N) is 1. The van der Waals surface area contributed by atoms with Crippen LogP contribution in [0.25, 0.3) is 0 Å². The third-order valence-corrected chi connectivity index (χ3v) is 5.61. The van der Waals surface area contributed by atoms with Crippen molar-refractivity contribution in [2.45, 2.75) is 51.7 Å². The highest BCUT2D eigenvalue weighted by Gasteiger charge is 2.24. The van der Waals surface area contributed by atoms with Crippen LogP contribution >= 0.6 is 0 Å². The monoisotopic (exact) mass is 629 g/mol. The largest absolute Gasteiger partial charge is 0.478 e. The van der Waals surface area contributed by atoms with Crippen molar-refractivity contribution in [3.63, 3.8) is 0 Å². The van der Waals surface area contributed by atoms with Crippen molar-refractivity contribution in [1.82, 2.24) is 4.72 Å². The van der Waals surface area contributed by atoms with Crippen LogP contribution in [-0.2, 0) is 43.4 Å². The van der Waals surface area contributed by atoms with Gasteiger partial charge in [0.15, 0.2) is 0 Å². The predicted octanol–water partition coefficient (Wildman–Crippen LogP) is 2.23. The summed E-state index contributed by atoms with van der Waals surface area (Å²) in [6.45, 7) is 21.9. The lowest BCUT2D eigenvalue weighted by Gasteiger charge is -2.08. The maximum Gasteiger partial charge on any atom is 0.333 e. The van der Waals surface area contributed by atoms with Crippen LogP contribution in [0.3, 0.4) is 0 Å². The Morgan fingerprint density at radius 1 is 1.07 bits per heavy atom. The molecule has 2 unspecified atom stereocenters. The van der Waals surface area contributed by atoms with E-state index >= 15 is 0 Å². The van der Waals surface area contributed by atoms with Gasteiger partial charge in [0.1, 0.15) is 12.7 Å². The molecular weight excluding hydrogens is 586 g/mol. The number of carboxylic acids is 1. The van der Waals surface area contributed by atoms with E-state index in [1.165, 1.54) is 27.0 Å². The quantitative estimate of drug-likeness (QED) is 0.176. The Morgan fingerprint density at radius 2 is 1.51 bits per heavy atom. The number of ether oxygens (including phenoxy) is 3. The number of epoxide rings is 1. The Bertz CT molecular complexity index is 1220. The minimum Gasteiger partial charge on any atom is -0.478 e. The number of carbonyl (C=O) groups is 4. The molecule has 1 heterocycles. The van der Waals surface area contributed by atoms with Crippen molar-refractivity contribution in [2.75, 3.05) is 26.9 Å². The van der Waals surface area contributed by atoms with Gasteiger partial charge in [-0.3, -0.25) is 4.79 Å². The molecule has 1 fully saturated rings. The van der Waals surface area contributed by atoms with Crippen molar-refractivity contribution in [1.29, 1.82) is 0 Å². The standard InChI is InChI=1S/C11H13NO3S.C7H10O3.C5H8O2.C3H8O2.C3H4O2/c1-8(2)11(13)12-16(14,15)10-7-5-4-6-9(10)3;1-5(2)7(8)10-4-6-3-9-6;1-4(2)5(6)7-3;1-3(5)2-4;1-2-3(4)5/h4-7H,1H2,2-3H3,(H,12,13);6H,1,3-4H2,2H3;1H2,2-3H3;3-5H,2H2,1H3;2H,1H2,(H,4,5). The van der Waals surface area contributed by atoms with Crippen LogP contribution in [-0.4, -0.2) is 86.7 Å². The van der Waals surface area contributed by atoms with E-state index in [0.717, 1.165) is 6.08 Å². The molecule has 0 aromatic heterocycles. The summed E-state index contributed by atoms with van der Waals surface area (Å²) in [5.41, 5.74) is 1.60. The van der Waals surface area contributed by atoms with Gasteiger partial charge in [-0.15, -0.1) is 0 Å². The topological polar surface area (TPSA) is 206 Å². The van der Waals surface area contributed by atoms with Crippen molar-refractivity contribution < 1.29 is 57.1 Å². The molecule has 1 aliphatic rings. The highest BCUT2D eigenvalue weighted by molar-refractivity contribution is 7.90. The SMILES string of the molecule is C=C(C)C(=O)NS(=O)(=O)c1ccccc1C.C=C(C)C(=O)OC.C=C(C)C(=O)OCC1CO1.C=CC(=O)O.CC(O)CO. The molecular formula is C29H43NO12S. The summed E-state index contributed by atoms with van der Waals surface area (Å²) in [6.07, 6.45) is 0.415. The number of aliphatic carboxylic acids is 1. The molecule has 13 nitrogen and oxygen atoms in total. The molecule has 0 saturated carbocycles. The van der Waals surface area contributed by atoms with E-state index in [2.05, 4.69) is 31.1 Å². The number of methoxy groups -OCH3 is 1. The number of benzene rings is 1. The van der Waals surface area contributed by atoms with Crippen molar-refractivity contribution in [3.8, 4) is 0 Å². The summed E-state index contributed by atoms with van der Waals surface area (Å²) in [5.74, 6) is -2.36. The average Bonchev–Trinajstić information content (AvgIpc) is 3.76. The average molecular weight is 630 g/mol. The van der Waals surface area contributed by atoms with E-state index in [9.17, 15) is 27.6 Å². The lowest BCUT2D eigenvalue weighted by atomic mass is 10.2. The van der Waals surface area contributed by atoms with E-state index in [1.807, 2.05) is 4.72 Å². The molecule has 1 aromatic carbocycles. The number of hydrogen-bond acceptors (Lipinski definition) is 11. The van der Waals surface area contributed by atoms with Gasteiger partial charge < -0.3 is 29.5 Å². The first-order valence-corrected chi connectivity index (χ1v) is 13.9. The zero-order valence-corrected chi connectivity index (χ0v) is 26.2. The van der Waals surface area contributed by atoms with Gasteiger partial charge in [0.2, 0.25) is 0 Å². The predicted molar refractivity (Wildman–Crippen MR) is 160 cm³/mol. The number of esters is 2. The molecule has 14 heteroatoms. The van der Waals surface area contributed by atoms with Crippen molar-refractivity contribution in [3.05, 3.63) is 78.9 Å². The third-order valence-electron chi connectivity index (χ3n) is 4.12. The van der Waals surface area contributed by atoms with Gasteiger partial charge in [-0.2, -0.15) is 0 Å². The molecule has 0 aliphatic carbocycles. The zero-order chi connectivity index (χ0) is 34.3. The number of sulfonamides is 1. The number of aryl methyl sites for hydroxylation is 1. The van der Waals surface area contributed by atoms with Crippen LogP contribution in [0.15, 0.2) is 78.3 Å². The number of rotatable bonds is 9. The first-order valence-electron chi connectivity index (χ1n) is 12.4. The Morgan fingerprint density at radius 3 is 1.79 bits per heavy atom. The fourth-order valence-electron chi connectivity index (χ4n) is 1.75. The van der Waals surface area contributed by atoms with E-state index in [-0.39, 0.29) is 35.1 Å². The van der Waals surface area contributed by atoms with Crippen LogP contribution < -0.4 is 4.72 Å². The third kappa shape index (κ3) is 25.3. The van der Waals surface area contributed by atoms with Crippen LogP contribution in [0.1, 0.15) is 33.3 Å². The Labute approximate surface area is 253 Å². The Balaban J connectivity index is -0.000000509.